The first-order valence-electron chi connectivity index (χ1n) is 10.1. The Balaban J connectivity index is 1.55. The number of halogens is 1. The number of nitrogens with one attached hydrogen (secondary N) is 3. The van der Waals surface area contributed by atoms with Gasteiger partial charge in [-0.3, -0.25) is 14.4 Å². The number of thioether (sulfide) groups is 1. The first-order valence-corrected chi connectivity index (χ1v) is 11.5. The maximum atomic E-state index is 12.9. The Morgan fingerprint density at radius 1 is 1.19 bits per heavy atom. The Morgan fingerprint density at radius 2 is 1.97 bits per heavy atom. The lowest BCUT2D eigenvalue weighted by Crippen LogP contribution is -2.36. The summed E-state index contributed by atoms with van der Waals surface area (Å²) in [6, 6.07) is 14.8. The van der Waals surface area contributed by atoms with E-state index in [9.17, 15) is 14.4 Å². The third-order valence-electron chi connectivity index (χ3n) is 5.14. The molecule has 1 unspecified atom stereocenters. The number of rotatable bonds is 6. The number of hydrogen-bond donors (Lipinski definition) is 3. The molecule has 0 bridgehead atoms. The van der Waals surface area contributed by atoms with E-state index in [2.05, 4.69) is 20.6 Å². The third kappa shape index (κ3) is 5.03. The van der Waals surface area contributed by atoms with Gasteiger partial charge in [0.2, 0.25) is 11.8 Å². The van der Waals surface area contributed by atoms with Crippen LogP contribution in [0, 0.1) is 0 Å². The smallest absolute Gasteiger partial charge is 0.257 e. The topological polar surface area (TPSA) is 104 Å². The molecule has 164 valence electrons. The van der Waals surface area contributed by atoms with E-state index in [4.69, 9.17) is 11.6 Å². The SMILES string of the molecule is CCc1ccc(NC(=O)C2CC(=O)Nc3nc(SCc4cccc(Cl)c4)[nH]c(=O)c32)cc1. The molecule has 0 aliphatic carbocycles. The Kier molecular flexibility index (Phi) is 6.62. The minimum atomic E-state index is -0.923. The zero-order chi connectivity index (χ0) is 22.7. The molecular formula is C23H21ClN4O3S. The van der Waals surface area contributed by atoms with Crippen molar-refractivity contribution in [3.05, 3.63) is 80.6 Å². The van der Waals surface area contributed by atoms with Crippen molar-refractivity contribution in [2.24, 2.45) is 0 Å². The number of fused-ring (bicyclic) bond motifs is 1. The molecule has 0 saturated heterocycles. The number of carbonyl (C=O) groups is 2. The maximum absolute atomic E-state index is 12.9. The lowest BCUT2D eigenvalue weighted by molar-refractivity contribution is -0.123. The van der Waals surface area contributed by atoms with E-state index >= 15 is 0 Å². The van der Waals surface area contributed by atoms with E-state index in [0.29, 0.717) is 21.6 Å². The summed E-state index contributed by atoms with van der Waals surface area (Å²) in [5.74, 6) is -1.04. The van der Waals surface area contributed by atoms with Crippen LogP contribution in [0.5, 0.6) is 0 Å². The molecular weight excluding hydrogens is 448 g/mol. The zero-order valence-electron chi connectivity index (χ0n) is 17.3. The summed E-state index contributed by atoms with van der Waals surface area (Å²) < 4.78 is 0. The van der Waals surface area contributed by atoms with Gasteiger partial charge in [-0.2, -0.15) is 0 Å². The molecule has 9 heteroatoms. The standard InChI is InChI=1S/C23H21ClN4O3S/c1-2-13-6-8-16(9-7-13)25-21(30)17-11-18(29)26-20-19(17)22(31)28-23(27-20)32-12-14-4-3-5-15(24)10-14/h3-10,17H,2,11-12H2,1H3,(H,25,30)(H2,26,27,28,29,31). The van der Waals surface area contributed by atoms with Crippen LogP contribution in [0.1, 0.15) is 36.0 Å². The molecule has 1 aliphatic heterocycles. The number of carbonyl (C=O) groups excluding carboxylic acids is 2. The van der Waals surface area contributed by atoms with Crippen molar-refractivity contribution in [3.63, 3.8) is 0 Å². The highest BCUT2D eigenvalue weighted by Gasteiger charge is 2.34. The molecule has 0 fully saturated rings. The molecule has 1 atom stereocenters. The quantitative estimate of drug-likeness (QED) is 0.368. The van der Waals surface area contributed by atoms with E-state index in [1.165, 1.54) is 11.8 Å². The fourth-order valence-corrected chi connectivity index (χ4v) is 4.49. The normalized spacial score (nSPS) is 15.1. The van der Waals surface area contributed by atoms with Crippen molar-refractivity contribution in [1.82, 2.24) is 9.97 Å². The van der Waals surface area contributed by atoms with Crippen LogP contribution in [0.25, 0.3) is 0 Å². The average Bonchev–Trinajstić information content (AvgIpc) is 2.77. The van der Waals surface area contributed by atoms with Gasteiger partial charge in [0.15, 0.2) is 5.16 Å². The lowest BCUT2D eigenvalue weighted by atomic mass is 9.92. The summed E-state index contributed by atoms with van der Waals surface area (Å²) in [5, 5.41) is 6.41. The van der Waals surface area contributed by atoms with Crippen LogP contribution >= 0.6 is 23.4 Å². The van der Waals surface area contributed by atoms with Gasteiger partial charge in [-0.15, -0.1) is 0 Å². The van der Waals surface area contributed by atoms with Crippen molar-refractivity contribution in [1.29, 1.82) is 0 Å². The molecule has 4 rings (SSSR count). The van der Waals surface area contributed by atoms with Crippen LogP contribution in [-0.2, 0) is 21.8 Å². The molecule has 0 radical (unpaired) electrons. The molecule has 0 saturated carbocycles. The van der Waals surface area contributed by atoms with Gasteiger partial charge in [-0.1, -0.05) is 54.6 Å². The number of aromatic amines is 1. The Labute approximate surface area is 194 Å². The average molecular weight is 469 g/mol. The Bertz CT molecular complexity index is 1230. The van der Waals surface area contributed by atoms with Gasteiger partial charge in [0, 0.05) is 22.9 Å². The molecule has 3 N–H and O–H groups in total. The molecule has 2 heterocycles. The van der Waals surface area contributed by atoms with Gasteiger partial charge in [-0.25, -0.2) is 4.98 Å². The first kappa shape index (κ1) is 22.1. The van der Waals surface area contributed by atoms with Crippen LogP contribution in [-0.4, -0.2) is 21.8 Å². The van der Waals surface area contributed by atoms with Crippen molar-refractivity contribution in [2.75, 3.05) is 10.6 Å². The van der Waals surface area contributed by atoms with Gasteiger partial charge in [0.05, 0.1) is 11.5 Å². The van der Waals surface area contributed by atoms with E-state index < -0.39 is 17.4 Å². The van der Waals surface area contributed by atoms with E-state index in [0.717, 1.165) is 17.5 Å². The predicted octanol–water partition coefficient (Wildman–Crippen LogP) is 4.34. The van der Waals surface area contributed by atoms with E-state index in [-0.39, 0.29) is 23.7 Å². The monoisotopic (exact) mass is 468 g/mol. The number of nitrogens with zero attached hydrogens (tertiary/aromatic N) is 1. The fourth-order valence-electron chi connectivity index (χ4n) is 3.47. The largest absolute Gasteiger partial charge is 0.326 e. The van der Waals surface area contributed by atoms with Crippen LogP contribution in [0.2, 0.25) is 5.02 Å². The number of aryl methyl sites for hydroxylation is 1. The van der Waals surface area contributed by atoms with Crippen LogP contribution < -0.4 is 16.2 Å². The predicted molar refractivity (Wildman–Crippen MR) is 126 cm³/mol. The number of aromatic nitrogens is 2. The van der Waals surface area contributed by atoms with Gasteiger partial charge in [-0.05, 0) is 41.8 Å². The number of anilines is 2. The highest BCUT2D eigenvalue weighted by molar-refractivity contribution is 7.98. The van der Waals surface area contributed by atoms with E-state index in [1.807, 2.05) is 37.3 Å². The Hall–Kier alpha value is -3.10. The van der Waals surface area contributed by atoms with Crippen molar-refractivity contribution in [2.45, 2.75) is 36.6 Å². The lowest BCUT2D eigenvalue weighted by Gasteiger charge is -2.23. The first-order chi connectivity index (χ1) is 15.4. The summed E-state index contributed by atoms with van der Waals surface area (Å²) in [7, 11) is 0. The molecule has 3 aromatic rings. The fraction of sp³-hybridized carbons (Fsp3) is 0.217. The maximum Gasteiger partial charge on any atom is 0.257 e. The number of benzene rings is 2. The van der Waals surface area contributed by atoms with Crippen LogP contribution in [0.4, 0.5) is 11.5 Å². The summed E-state index contributed by atoms with van der Waals surface area (Å²) in [6.45, 7) is 2.05. The number of amides is 2. The highest BCUT2D eigenvalue weighted by Crippen LogP contribution is 2.31. The zero-order valence-corrected chi connectivity index (χ0v) is 18.8. The number of H-pyrrole nitrogens is 1. The van der Waals surface area contributed by atoms with Gasteiger partial charge >= 0.3 is 0 Å². The minimum Gasteiger partial charge on any atom is -0.326 e. The molecule has 1 aromatic heterocycles. The molecule has 7 nitrogen and oxygen atoms in total. The number of hydrogen-bond acceptors (Lipinski definition) is 5. The van der Waals surface area contributed by atoms with Crippen LogP contribution in [0.3, 0.4) is 0 Å². The van der Waals surface area contributed by atoms with Gasteiger partial charge in [0.1, 0.15) is 5.82 Å². The van der Waals surface area contributed by atoms with Crippen molar-refractivity contribution < 1.29 is 9.59 Å². The molecule has 0 spiro atoms. The van der Waals surface area contributed by atoms with Gasteiger partial charge < -0.3 is 15.6 Å². The third-order valence-corrected chi connectivity index (χ3v) is 6.32. The molecule has 2 aromatic carbocycles. The second-order valence-electron chi connectivity index (χ2n) is 7.40. The summed E-state index contributed by atoms with van der Waals surface area (Å²) in [5.41, 5.74) is 2.45. The molecule has 2 amide bonds. The second kappa shape index (κ2) is 9.58. The summed E-state index contributed by atoms with van der Waals surface area (Å²) in [6.07, 6.45) is 0.773. The molecule has 1 aliphatic rings. The minimum absolute atomic E-state index is 0.119. The summed E-state index contributed by atoms with van der Waals surface area (Å²) in [4.78, 5) is 45.1. The van der Waals surface area contributed by atoms with Crippen LogP contribution in [0.15, 0.2) is 58.5 Å². The van der Waals surface area contributed by atoms with Gasteiger partial charge in [0.25, 0.3) is 5.56 Å². The Morgan fingerprint density at radius 3 is 2.69 bits per heavy atom. The second-order valence-corrected chi connectivity index (χ2v) is 8.80. The molecule has 32 heavy (non-hydrogen) atoms. The van der Waals surface area contributed by atoms with E-state index in [1.54, 1.807) is 18.2 Å². The highest BCUT2D eigenvalue weighted by atomic mass is 35.5. The van der Waals surface area contributed by atoms with Crippen molar-refractivity contribution >= 4 is 46.7 Å². The van der Waals surface area contributed by atoms with Crippen molar-refractivity contribution in [3.8, 4) is 0 Å². The summed E-state index contributed by atoms with van der Waals surface area (Å²) >= 11 is 7.32.